The van der Waals surface area contributed by atoms with Crippen molar-refractivity contribution in [2.24, 2.45) is 0 Å². The summed E-state index contributed by atoms with van der Waals surface area (Å²) in [6.07, 6.45) is -2.53. The zero-order valence-corrected chi connectivity index (χ0v) is 17.5. The lowest BCUT2D eigenvalue weighted by Gasteiger charge is -2.39. The molecule has 1 aromatic heterocycles. The Balaban J connectivity index is 1.67. The summed E-state index contributed by atoms with van der Waals surface area (Å²) < 4.78 is 40.9. The van der Waals surface area contributed by atoms with Gasteiger partial charge in [0.1, 0.15) is 0 Å². The Morgan fingerprint density at radius 2 is 1.97 bits per heavy atom. The van der Waals surface area contributed by atoms with Crippen LogP contribution in [-0.4, -0.2) is 55.2 Å². The predicted molar refractivity (Wildman–Crippen MR) is 113 cm³/mol. The lowest BCUT2D eigenvalue weighted by molar-refractivity contribution is -0.138. The number of amides is 2. The average Bonchev–Trinajstić information content (AvgIpc) is 2.76. The van der Waals surface area contributed by atoms with Crippen molar-refractivity contribution >= 4 is 17.4 Å². The third kappa shape index (κ3) is 4.32. The lowest BCUT2D eigenvalue weighted by atomic mass is 9.82. The molecule has 9 heteroatoms. The number of urea groups is 1. The van der Waals surface area contributed by atoms with Gasteiger partial charge >= 0.3 is 12.2 Å². The number of hydrogen-bond acceptors (Lipinski definition) is 4. The van der Waals surface area contributed by atoms with Crippen LogP contribution in [0.1, 0.15) is 36.1 Å². The van der Waals surface area contributed by atoms with Gasteiger partial charge in [-0.1, -0.05) is 6.07 Å². The van der Waals surface area contributed by atoms with Crippen molar-refractivity contribution in [2.75, 3.05) is 43.4 Å². The van der Waals surface area contributed by atoms with E-state index in [9.17, 15) is 18.0 Å². The van der Waals surface area contributed by atoms with Gasteiger partial charge in [-0.15, -0.1) is 0 Å². The van der Waals surface area contributed by atoms with Gasteiger partial charge in [-0.05, 0) is 43.2 Å². The number of fused-ring (bicyclic) bond motifs is 1. The van der Waals surface area contributed by atoms with Gasteiger partial charge < -0.3 is 20.4 Å². The number of hydrogen-bond donors (Lipinski definition) is 2. The number of alkyl halides is 3. The van der Waals surface area contributed by atoms with E-state index < -0.39 is 17.7 Å². The highest BCUT2D eigenvalue weighted by molar-refractivity contribution is 5.90. The SMILES string of the molecule is C[C@@H]1C[C@@H](c2ncccc2C(F)(F)F)c2ccc(NC(=O)N3CCNCC3)cc2N1C. The minimum Gasteiger partial charge on any atom is -0.372 e. The van der Waals surface area contributed by atoms with Crippen molar-refractivity contribution in [3.05, 3.63) is 53.3 Å². The van der Waals surface area contributed by atoms with Crippen molar-refractivity contribution in [2.45, 2.75) is 31.5 Å². The summed E-state index contributed by atoms with van der Waals surface area (Å²) in [6.45, 7) is 4.76. The minimum atomic E-state index is -4.46. The molecular formula is C22H26F3N5O. The van der Waals surface area contributed by atoms with Crippen LogP contribution in [0.15, 0.2) is 36.5 Å². The van der Waals surface area contributed by atoms with E-state index in [1.54, 1.807) is 11.0 Å². The van der Waals surface area contributed by atoms with Gasteiger partial charge in [-0.3, -0.25) is 4.98 Å². The fraction of sp³-hybridized carbons (Fsp3) is 0.455. The standard InChI is InChI=1S/C22H26F3N5O/c1-14-12-17(20-18(22(23,24)25)4-3-7-27-20)16-6-5-15(13-19(16)29(14)2)28-21(31)30-10-8-26-9-11-30/h3-7,13-14,17,26H,8-12H2,1-2H3,(H,28,31)/t14-,17-/m1/s1. The fourth-order valence-electron chi connectivity index (χ4n) is 4.35. The molecule has 6 nitrogen and oxygen atoms in total. The van der Waals surface area contributed by atoms with Crippen molar-refractivity contribution in [3.63, 3.8) is 0 Å². The van der Waals surface area contributed by atoms with Crippen molar-refractivity contribution in [3.8, 4) is 0 Å². The first-order valence-electron chi connectivity index (χ1n) is 10.4. The Kier molecular flexibility index (Phi) is 5.79. The molecule has 0 bridgehead atoms. The van der Waals surface area contributed by atoms with Crippen molar-refractivity contribution in [1.82, 2.24) is 15.2 Å². The number of rotatable bonds is 2. The maximum absolute atomic E-state index is 13.6. The highest BCUT2D eigenvalue weighted by Crippen LogP contribution is 2.45. The number of pyridine rings is 1. The molecule has 4 rings (SSSR count). The second kappa shape index (κ2) is 8.37. The summed E-state index contributed by atoms with van der Waals surface area (Å²) in [4.78, 5) is 20.5. The minimum absolute atomic E-state index is 0.0136. The summed E-state index contributed by atoms with van der Waals surface area (Å²) in [5, 5.41) is 6.13. The quantitative estimate of drug-likeness (QED) is 0.754. The van der Waals surface area contributed by atoms with Crippen LogP contribution in [0.2, 0.25) is 0 Å². The normalized spacial score (nSPS) is 21.6. The van der Waals surface area contributed by atoms with Crippen LogP contribution in [0.3, 0.4) is 0 Å². The van der Waals surface area contributed by atoms with Gasteiger partial charge in [0.15, 0.2) is 0 Å². The van der Waals surface area contributed by atoms with Crippen LogP contribution >= 0.6 is 0 Å². The largest absolute Gasteiger partial charge is 0.418 e. The Bertz CT molecular complexity index is 958. The first kappa shape index (κ1) is 21.4. The summed E-state index contributed by atoms with van der Waals surface area (Å²) in [5.41, 5.74) is 1.57. The molecule has 2 aliphatic rings. The predicted octanol–water partition coefficient (Wildman–Crippen LogP) is 3.90. The molecule has 0 unspecified atom stereocenters. The highest BCUT2D eigenvalue weighted by Gasteiger charge is 2.39. The number of piperazine rings is 1. The molecule has 2 aliphatic heterocycles. The maximum atomic E-state index is 13.6. The molecular weight excluding hydrogens is 407 g/mol. The highest BCUT2D eigenvalue weighted by atomic mass is 19.4. The third-order valence-corrected chi connectivity index (χ3v) is 6.15. The van der Waals surface area contributed by atoms with E-state index in [0.29, 0.717) is 25.2 Å². The smallest absolute Gasteiger partial charge is 0.372 e. The van der Waals surface area contributed by atoms with Crippen LogP contribution in [0, 0.1) is 0 Å². The third-order valence-electron chi connectivity index (χ3n) is 6.15. The zero-order chi connectivity index (χ0) is 22.2. The Hall–Kier alpha value is -2.81. The second-order valence-corrected chi connectivity index (χ2v) is 8.12. The number of carbonyl (C=O) groups is 1. The van der Waals surface area contributed by atoms with E-state index in [1.807, 2.05) is 31.0 Å². The summed E-state index contributed by atoms with van der Waals surface area (Å²) in [6, 6.07) is 7.66. The number of benzene rings is 1. The Labute approximate surface area is 179 Å². The lowest BCUT2D eigenvalue weighted by Crippen LogP contribution is -2.48. The van der Waals surface area contributed by atoms with Crippen molar-refractivity contribution < 1.29 is 18.0 Å². The van der Waals surface area contributed by atoms with Crippen LogP contribution in [0.5, 0.6) is 0 Å². The molecule has 0 aliphatic carbocycles. The van der Waals surface area contributed by atoms with E-state index in [2.05, 4.69) is 15.6 Å². The van der Waals surface area contributed by atoms with Crippen LogP contribution in [-0.2, 0) is 6.18 Å². The molecule has 1 saturated heterocycles. The van der Waals surface area contributed by atoms with Crippen LogP contribution in [0.25, 0.3) is 0 Å². The van der Waals surface area contributed by atoms with Crippen molar-refractivity contribution in [1.29, 1.82) is 0 Å². The summed E-state index contributed by atoms with van der Waals surface area (Å²) in [5.74, 6) is -0.475. The molecule has 2 aromatic rings. The number of nitrogens with zero attached hydrogens (tertiary/aromatic N) is 3. The molecule has 1 aromatic carbocycles. The van der Waals surface area contributed by atoms with E-state index in [1.165, 1.54) is 12.3 Å². The Morgan fingerprint density at radius 3 is 2.68 bits per heavy atom. The summed E-state index contributed by atoms with van der Waals surface area (Å²) >= 11 is 0. The molecule has 2 amide bonds. The van der Waals surface area contributed by atoms with E-state index in [-0.39, 0.29) is 17.8 Å². The van der Waals surface area contributed by atoms with Gasteiger partial charge in [0.25, 0.3) is 0 Å². The number of anilines is 2. The zero-order valence-electron chi connectivity index (χ0n) is 17.5. The maximum Gasteiger partial charge on any atom is 0.418 e. The number of halogens is 3. The van der Waals surface area contributed by atoms with Gasteiger partial charge in [-0.2, -0.15) is 13.2 Å². The number of carbonyl (C=O) groups excluding carboxylic acids is 1. The molecule has 31 heavy (non-hydrogen) atoms. The molecule has 0 saturated carbocycles. The molecule has 2 atom stereocenters. The average molecular weight is 433 g/mol. The van der Waals surface area contributed by atoms with E-state index in [4.69, 9.17) is 0 Å². The van der Waals surface area contributed by atoms with Crippen LogP contribution in [0.4, 0.5) is 29.3 Å². The van der Waals surface area contributed by atoms with Gasteiger partial charge in [0, 0.05) is 62.8 Å². The molecule has 1 fully saturated rings. The first-order chi connectivity index (χ1) is 14.8. The van der Waals surface area contributed by atoms with Crippen LogP contribution < -0.4 is 15.5 Å². The number of aromatic nitrogens is 1. The fourth-order valence-corrected chi connectivity index (χ4v) is 4.35. The molecule has 3 heterocycles. The van der Waals surface area contributed by atoms with Gasteiger partial charge in [-0.25, -0.2) is 4.79 Å². The Morgan fingerprint density at radius 1 is 1.23 bits per heavy atom. The first-order valence-corrected chi connectivity index (χ1v) is 10.4. The molecule has 2 N–H and O–H groups in total. The second-order valence-electron chi connectivity index (χ2n) is 8.12. The number of nitrogens with one attached hydrogen (secondary N) is 2. The van der Waals surface area contributed by atoms with E-state index >= 15 is 0 Å². The van der Waals surface area contributed by atoms with Gasteiger partial charge in [0.05, 0.1) is 11.3 Å². The van der Waals surface area contributed by atoms with E-state index in [0.717, 1.165) is 30.4 Å². The van der Waals surface area contributed by atoms with Gasteiger partial charge in [0.2, 0.25) is 0 Å². The molecule has 0 radical (unpaired) electrons. The molecule has 166 valence electrons. The monoisotopic (exact) mass is 433 g/mol. The topological polar surface area (TPSA) is 60.5 Å². The summed E-state index contributed by atoms with van der Waals surface area (Å²) in [7, 11) is 1.92. The molecule has 0 spiro atoms.